The topological polar surface area (TPSA) is 29.3 Å². The molecule has 2 N–H and O–H groups in total. The predicted molar refractivity (Wildman–Crippen MR) is 25.4 cm³/mol. The minimum atomic E-state index is 1.32. The molecule has 0 unspecified atom stereocenters. The van der Waals surface area contributed by atoms with Crippen LogP contribution >= 0.6 is 0 Å². The van der Waals surface area contributed by atoms with Gasteiger partial charge in [-0.2, -0.15) is 0 Å². The highest BCUT2D eigenvalue weighted by molar-refractivity contribution is 4.90. The molecule has 2 nitrogen and oxygen atoms in total. The van der Waals surface area contributed by atoms with E-state index in [0.29, 0.717) is 0 Å². The normalized spacial score (nSPS) is 5.83. The van der Waals surface area contributed by atoms with Gasteiger partial charge in [0, 0.05) is 13.1 Å². The van der Waals surface area contributed by atoms with Crippen LogP contribution in [0.15, 0.2) is 0 Å². The second-order valence-electron chi connectivity index (χ2n) is 0.973. The third kappa shape index (κ3) is 3.32. The highest BCUT2D eigenvalue weighted by atomic mass is 15.4. The lowest BCUT2D eigenvalue weighted by molar-refractivity contribution is 0.514. The largest absolute Gasteiger partial charge is 0.273 e. The van der Waals surface area contributed by atoms with Crippen LogP contribution < -0.4 is 5.84 Å². The molecule has 0 aromatic heterocycles. The smallest absolute Gasteiger partial charge is 0.0315 e. The highest BCUT2D eigenvalue weighted by Crippen LogP contribution is 1.54. The quantitative estimate of drug-likeness (QED) is 0.190. The molecule has 0 fully saturated rings. The average molecular weight is 84.1 g/mol. The van der Waals surface area contributed by atoms with Crippen LogP contribution in [0.25, 0.3) is 0 Å². The molecule has 0 saturated heterocycles. The molecule has 2 heteroatoms. The lowest BCUT2D eigenvalue weighted by atomic mass is 10.8. The summed E-state index contributed by atoms with van der Waals surface area (Å²) < 4.78 is 0. The molecule has 0 spiro atoms. The van der Waals surface area contributed by atoms with Crippen LogP contribution in [0.4, 0.5) is 0 Å². The number of hydrazine groups is 1. The third-order valence-corrected chi connectivity index (χ3v) is 0.288. The summed E-state index contributed by atoms with van der Waals surface area (Å²) in [5, 5.41) is 1.32. The summed E-state index contributed by atoms with van der Waals surface area (Å²) in [5.41, 5.74) is 0. The van der Waals surface area contributed by atoms with Crippen LogP contribution in [0.5, 0.6) is 0 Å². The van der Waals surface area contributed by atoms with Crippen molar-refractivity contribution < 1.29 is 0 Å². The minimum absolute atomic E-state index is 1.32. The van der Waals surface area contributed by atoms with Gasteiger partial charge in [-0.25, -0.2) is 5.84 Å². The van der Waals surface area contributed by atoms with Crippen LogP contribution in [0, 0.1) is 12.0 Å². The van der Waals surface area contributed by atoms with E-state index in [1.807, 2.05) is 0 Å². The Hall–Kier alpha value is -0.680. The van der Waals surface area contributed by atoms with E-state index in [1.165, 1.54) is 5.01 Å². The molecular weight excluding hydrogens is 76.1 g/mol. The number of hydrogen-bond acceptors (Lipinski definition) is 2. The van der Waals surface area contributed by atoms with Crippen LogP contribution in [0.1, 0.15) is 6.92 Å². The Labute approximate surface area is 37.9 Å². The van der Waals surface area contributed by atoms with Crippen molar-refractivity contribution in [1.82, 2.24) is 5.01 Å². The monoisotopic (exact) mass is 84.1 g/mol. The van der Waals surface area contributed by atoms with Gasteiger partial charge >= 0.3 is 0 Å². The van der Waals surface area contributed by atoms with Gasteiger partial charge < -0.3 is 0 Å². The zero-order valence-corrected chi connectivity index (χ0v) is 4.02. The molecule has 0 radical (unpaired) electrons. The first-order chi connectivity index (χ1) is 2.77. The number of hydrogen-bond donors (Lipinski definition) is 1. The predicted octanol–water partition coefficient (Wildman–Crippen LogP) is -0.227. The minimum Gasteiger partial charge on any atom is -0.273 e. The molecule has 0 amide bonds. The summed E-state index contributed by atoms with van der Waals surface area (Å²) in [5.74, 6) is 7.68. The first-order valence-electron chi connectivity index (χ1n) is 1.68. The Morgan fingerprint density at radius 1 is 1.67 bits per heavy atom. The zero-order valence-electron chi connectivity index (χ0n) is 4.02. The van der Waals surface area contributed by atoms with Crippen LogP contribution in [0.3, 0.4) is 0 Å². The Morgan fingerprint density at radius 2 is 2.17 bits per heavy atom. The van der Waals surface area contributed by atoms with Crippen LogP contribution in [0.2, 0.25) is 0 Å². The molecule has 0 aliphatic heterocycles. The molecule has 0 aromatic rings. The lowest BCUT2D eigenvalue weighted by Gasteiger charge is -1.95. The standard InChI is InChI=1S/C4H8N2/c1-3-4-6(2)5/h5H2,1-2H3. The molecule has 0 bridgehead atoms. The maximum atomic E-state index is 5.06. The van der Waals surface area contributed by atoms with Crippen molar-refractivity contribution in [2.45, 2.75) is 6.92 Å². The van der Waals surface area contributed by atoms with E-state index in [2.05, 4.69) is 12.0 Å². The van der Waals surface area contributed by atoms with Crippen molar-refractivity contribution in [3.05, 3.63) is 0 Å². The molecule has 0 rings (SSSR count). The van der Waals surface area contributed by atoms with Crippen molar-refractivity contribution in [2.24, 2.45) is 5.84 Å². The summed E-state index contributed by atoms with van der Waals surface area (Å²) in [6.07, 6.45) is 0. The van der Waals surface area contributed by atoms with Crippen LogP contribution in [-0.4, -0.2) is 12.1 Å². The summed E-state index contributed by atoms with van der Waals surface area (Å²) in [6, 6.07) is 2.57. The number of rotatable bonds is 0. The van der Waals surface area contributed by atoms with Crippen molar-refractivity contribution in [1.29, 1.82) is 0 Å². The Morgan fingerprint density at radius 3 is 2.17 bits per heavy atom. The van der Waals surface area contributed by atoms with E-state index in [9.17, 15) is 0 Å². The van der Waals surface area contributed by atoms with E-state index in [1.54, 1.807) is 14.0 Å². The van der Waals surface area contributed by atoms with Gasteiger partial charge in [0.25, 0.3) is 0 Å². The molecule has 34 valence electrons. The van der Waals surface area contributed by atoms with Gasteiger partial charge in [0.1, 0.15) is 0 Å². The first-order valence-corrected chi connectivity index (χ1v) is 1.68. The summed E-state index contributed by atoms with van der Waals surface area (Å²) in [6.45, 7) is 1.74. The molecule has 0 heterocycles. The number of nitrogens with two attached hydrogens (primary N) is 1. The second kappa shape index (κ2) is 2.55. The summed E-state index contributed by atoms with van der Waals surface area (Å²) in [4.78, 5) is 0. The van der Waals surface area contributed by atoms with E-state index in [-0.39, 0.29) is 0 Å². The molecule has 6 heavy (non-hydrogen) atoms. The van der Waals surface area contributed by atoms with E-state index in [4.69, 9.17) is 5.84 Å². The van der Waals surface area contributed by atoms with Gasteiger partial charge in [0.15, 0.2) is 0 Å². The van der Waals surface area contributed by atoms with E-state index < -0.39 is 0 Å². The Bertz CT molecular complexity index is 75.3. The first kappa shape index (κ1) is 5.32. The number of nitrogens with zero attached hydrogens (tertiary/aromatic N) is 1. The van der Waals surface area contributed by atoms with Gasteiger partial charge in [-0.05, 0) is 6.92 Å². The maximum Gasteiger partial charge on any atom is 0.0315 e. The fourth-order valence-corrected chi connectivity index (χ4v) is 0.176. The van der Waals surface area contributed by atoms with Crippen molar-refractivity contribution in [3.63, 3.8) is 0 Å². The van der Waals surface area contributed by atoms with Gasteiger partial charge in [-0.1, -0.05) is 5.92 Å². The molecule has 0 aliphatic carbocycles. The van der Waals surface area contributed by atoms with E-state index >= 15 is 0 Å². The highest BCUT2D eigenvalue weighted by Gasteiger charge is 1.64. The molecule has 0 atom stereocenters. The maximum absolute atomic E-state index is 5.06. The van der Waals surface area contributed by atoms with Gasteiger partial charge in [0.2, 0.25) is 0 Å². The zero-order chi connectivity index (χ0) is 4.99. The van der Waals surface area contributed by atoms with Crippen molar-refractivity contribution >= 4 is 0 Å². The summed E-state index contributed by atoms with van der Waals surface area (Å²) >= 11 is 0. The SMILES string of the molecule is CC#CN(C)N. The third-order valence-electron chi connectivity index (χ3n) is 0.288. The lowest BCUT2D eigenvalue weighted by Crippen LogP contribution is -2.18. The summed E-state index contributed by atoms with van der Waals surface area (Å²) in [7, 11) is 1.69. The van der Waals surface area contributed by atoms with Gasteiger partial charge in [-0.3, -0.25) is 5.01 Å². The molecule has 0 aliphatic rings. The van der Waals surface area contributed by atoms with Crippen molar-refractivity contribution in [3.8, 4) is 12.0 Å². The van der Waals surface area contributed by atoms with Gasteiger partial charge in [-0.15, -0.1) is 0 Å². The second-order valence-corrected chi connectivity index (χ2v) is 0.973. The average Bonchev–Trinajstić information content (AvgIpc) is 1.35. The molecule has 0 saturated carbocycles. The fraction of sp³-hybridized carbons (Fsp3) is 0.500. The fourth-order valence-electron chi connectivity index (χ4n) is 0.176. The van der Waals surface area contributed by atoms with Crippen molar-refractivity contribution in [2.75, 3.05) is 7.05 Å². The van der Waals surface area contributed by atoms with Crippen LogP contribution in [-0.2, 0) is 0 Å². The van der Waals surface area contributed by atoms with Gasteiger partial charge in [0.05, 0.1) is 0 Å². The molecule has 0 aromatic carbocycles. The Balaban J connectivity index is 3.20. The Kier molecular flexibility index (Phi) is 2.26. The van der Waals surface area contributed by atoms with E-state index in [0.717, 1.165) is 0 Å². The molecular formula is C4H8N2.